The van der Waals surface area contributed by atoms with Crippen LogP contribution >= 0.6 is 12.4 Å². The zero-order valence-corrected chi connectivity index (χ0v) is 19.0. The number of aryl methyl sites for hydroxylation is 1. The summed E-state index contributed by atoms with van der Waals surface area (Å²) >= 11 is 0. The quantitative estimate of drug-likeness (QED) is 0.662. The number of amides is 1. The molecular weight excluding hydrogens is 388 g/mol. The molecule has 0 saturated carbocycles. The molecule has 0 aromatic heterocycles. The van der Waals surface area contributed by atoms with Crippen LogP contribution < -0.4 is 4.74 Å². The van der Waals surface area contributed by atoms with Crippen LogP contribution in [0.3, 0.4) is 0 Å². The molecule has 5 nitrogen and oxygen atoms in total. The van der Waals surface area contributed by atoms with Crippen LogP contribution in [-0.4, -0.2) is 67.7 Å². The maximum Gasteiger partial charge on any atom is 0.260 e. The fraction of sp³-hybridized carbons (Fsp3) is 0.696. The molecule has 1 atom stereocenters. The summed E-state index contributed by atoms with van der Waals surface area (Å²) in [5.41, 5.74) is 2.33. The van der Waals surface area contributed by atoms with E-state index in [2.05, 4.69) is 48.8 Å². The molecule has 29 heavy (non-hydrogen) atoms. The highest BCUT2D eigenvalue weighted by atomic mass is 35.5. The lowest BCUT2D eigenvalue weighted by Gasteiger charge is -2.37. The van der Waals surface area contributed by atoms with Gasteiger partial charge in [0.25, 0.3) is 5.91 Å². The van der Waals surface area contributed by atoms with Crippen LogP contribution in [0.4, 0.5) is 0 Å². The summed E-state index contributed by atoms with van der Waals surface area (Å²) < 4.78 is 11.5. The van der Waals surface area contributed by atoms with Crippen molar-refractivity contribution in [2.45, 2.75) is 58.4 Å². The first kappa shape index (κ1) is 24.0. The Morgan fingerprint density at radius 3 is 2.69 bits per heavy atom. The third-order valence-corrected chi connectivity index (χ3v) is 5.97. The van der Waals surface area contributed by atoms with Crippen molar-refractivity contribution >= 4 is 18.3 Å². The van der Waals surface area contributed by atoms with Gasteiger partial charge in [0.05, 0.1) is 13.2 Å². The smallest absolute Gasteiger partial charge is 0.260 e. The van der Waals surface area contributed by atoms with Gasteiger partial charge in [-0.2, -0.15) is 0 Å². The number of morpholine rings is 1. The molecule has 2 fully saturated rings. The summed E-state index contributed by atoms with van der Waals surface area (Å²) in [4.78, 5) is 17.5. The first-order valence-corrected chi connectivity index (χ1v) is 10.9. The van der Waals surface area contributed by atoms with Crippen molar-refractivity contribution in [1.29, 1.82) is 0 Å². The average molecular weight is 425 g/mol. The van der Waals surface area contributed by atoms with E-state index in [1.807, 2.05) is 0 Å². The predicted octanol–water partition coefficient (Wildman–Crippen LogP) is 4.02. The molecule has 2 aliphatic heterocycles. The first-order valence-electron chi connectivity index (χ1n) is 10.9. The molecule has 2 saturated heterocycles. The molecule has 1 aromatic rings. The Morgan fingerprint density at radius 2 is 1.97 bits per heavy atom. The highest BCUT2D eigenvalue weighted by Gasteiger charge is 2.27. The summed E-state index contributed by atoms with van der Waals surface area (Å²) in [6, 6.07) is 6.62. The maximum atomic E-state index is 13.0. The largest absolute Gasteiger partial charge is 0.483 e. The van der Waals surface area contributed by atoms with Crippen LogP contribution in [-0.2, 0) is 9.53 Å². The minimum absolute atomic E-state index is 0. The second kappa shape index (κ2) is 11.8. The zero-order chi connectivity index (χ0) is 19.9. The highest BCUT2D eigenvalue weighted by molar-refractivity contribution is 5.85. The number of nitrogens with zero attached hydrogens (tertiary/aromatic N) is 2. The number of benzene rings is 1. The summed E-state index contributed by atoms with van der Waals surface area (Å²) in [6.45, 7) is 12.1. The van der Waals surface area contributed by atoms with Gasteiger partial charge in [-0.1, -0.05) is 26.0 Å². The molecule has 0 bridgehead atoms. The van der Waals surface area contributed by atoms with E-state index < -0.39 is 0 Å². The summed E-state index contributed by atoms with van der Waals surface area (Å²) in [5.74, 6) is 1.36. The first-order chi connectivity index (χ1) is 13.5. The standard InChI is InChI=1S/C23H36N2O3.ClH/c1-18(2)21-8-7-19(3)16-22(21)28-17-23(26)25-10-5-4-6-20(25)9-11-24-12-14-27-15-13-24;/h7-8,16,18,20H,4-6,9-15,17H2,1-3H3;1H. The number of likely N-dealkylation sites (tertiary alicyclic amines) is 1. The van der Waals surface area contributed by atoms with Crippen molar-refractivity contribution in [3.05, 3.63) is 29.3 Å². The lowest BCUT2D eigenvalue weighted by atomic mass is 9.99. The Balaban J connectivity index is 0.00000300. The van der Waals surface area contributed by atoms with E-state index in [4.69, 9.17) is 9.47 Å². The SMILES string of the molecule is Cc1ccc(C(C)C)c(OCC(=O)N2CCCCC2CCN2CCOCC2)c1.Cl. The van der Waals surface area contributed by atoms with Gasteiger partial charge in [0.15, 0.2) is 6.61 Å². The summed E-state index contributed by atoms with van der Waals surface area (Å²) in [6.07, 6.45) is 4.47. The third kappa shape index (κ3) is 6.87. The fourth-order valence-electron chi connectivity index (χ4n) is 4.25. The molecule has 164 valence electrons. The maximum absolute atomic E-state index is 13.0. The van der Waals surface area contributed by atoms with Crippen molar-refractivity contribution in [2.75, 3.05) is 46.0 Å². The van der Waals surface area contributed by atoms with Crippen LogP contribution in [0, 0.1) is 6.92 Å². The van der Waals surface area contributed by atoms with Crippen LogP contribution in [0.1, 0.15) is 56.6 Å². The number of halogens is 1. The predicted molar refractivity (Wildman–Crippen MR) is 119 cm³/mol. The number of piperidine rings is 1. The normalized spacial score (nSPS) is 20.4. The van der Waals surface area contributed by atoms with Crippen molar-refractivity contribution in [1.82, 2.24) is 9.80 Å². The Bertz CT molecular complexity index is 647. The van der Waals surface area contributed by atoms with Gasteiger partial charge < -0.3 is 14.4 Å². The van der Waals surface area contributed by atoms with Gasteiger partial charge in [-0.3, -0.25) is 9.69 Å². The molecular formula is C23H37ClN2O3. The molecule has 0 spiro atoms. The molecule has 6 heteroatoms. The zero-order valence-electron chi connectivity index (χ0n) is 18.2. The topological polar surface area (TPSA) is 42.0 Å². The molecule has 3 rings (SSSR count). The average Bonchev–Trinajstić information content (AvgIpc) is 2.71. The van der Waals surface area contributed by atoms with Gasteiger partial charge in [0.1, 0.15) is 5.75 Å². The Kier molecular flexibility index (Phi) is 9.73. The molecule has 2 aliphatic rings. The van der Waals surface area contributed by atoms with Gasteiger partial charge in [0.2, 0.25) is 0 Å². The van der Waals surface area contributed by atoms with Crippen molar-refractivity contribution in [3.8, 4) is 5.75 Å². The van der Waals surface area contributed by atoms with Crippen LogP contribution in [0.2, 0.25) is 0 Å². The van der Waals surface area contributed by atoms with Crippen molar-refractivity contribution in [2.24, 2.45) is 0 Å². The van der Waals surface area contributed by atoms with E-state index in [9.17, 15) is 4.79 Å². The summed E-state index contributed by atoms with van der Waals surface area (Å²) in [7, 11) is 0. The van der Waals surface area contributed by atoms with Crippen molar-refractivity contribution in [3.63, 3.8) is 0 Å². The second-order valence-electron chi connectivity index (χ2n) is 8.46. The molecule has 1 aromatic carbocycles. The highest BCUT2D eigenvalue weighted by Crippen LogP contribution is 2.28. The lowest BCUT2D eigenvalue weighted by molar-refractivity contribution is -0.137. The van der Waals surface area contributed by atoms with Crippen LogP contribution in [0.25, 0.3) is 0 Å². The Labute approximate surface area is 182 Å². The van der Waals surface area contributed by atoms with E-state index in [1.165, 1.54) is 12.0 Å². The second-order valence-corrected chi connectivity index (χ2v) is 8.46. The monoisotopic (exact) mass is 424 g/mol. The van der Waals surface area contributed by atoms with Gasteiger partial charge in [0, 0.05) is 32.2 Å². The lowest BCUT2D eigenvalue weighted by Crippen LogP contribution is -2.47. The number of carbonyl (C=O) groups is 1. The van der Waals surface area contributed by atoms with E-state index >= 15 is 0 Å². The van der Waals surface area contributed by atoms with E-state index in [1.54, 1.807) is 0 Å². The number of carbonyl (C=O) groups excluding carboxylic acids is 1. The Morgan fingerprint density at radius 1 is 1.21 bits per heavy atom. The van der Waals surface area contributed by atoms with Gasteiger partial charge >= 0.3 is 0 Å². The summed E-state index contributed by atoms with van der Waals surface area (Å²) in [5, 5.41) is 0. The molecule has 0 N–H and O–H groups in total. The van der Waals surface area contributed by atoms with Gasteiger partial charge in [-0.15, -0.1) is 12.4 Å². The Hall–Kier alpha value is -1.30. The van der Waals surface area contributed by atoms with Crippen molar-refractivity contribution < 1.29 is 14.3 Å². The number of hydrogen-bond donors (Lipinski definition) is 0. The van der Waals surface area contributed by atoms with E-state index in [0.717, 1.165) is 70.0 Å². The number of hydrogen-bond acceptors (Lipinski definition) is 4. The molecule has 1 unspecified atom stereocenters. The molecule has 0 aliphatic carbocycles. The minimum atomic E-state index is 0. The molecule has 1 amide bonds. The van der Waals surface area contributed by atoms with Gasteiger partial charge in [-0.05, 0) is 55.7 Å². The van der Waals surface area contributed by atoms with E-state index in [0.29, 0.717) is 12.0 Å². The van der Waals surface area contributed by atoms with Crippen LogP contribution in [0.15, 0.2) is 18.2 Å². The van der Waals surface area contributed by atoms with Crippen LogP contribution in [0.5, 0.6) is 5.75 Å². The molecule has 0 radical (unpaired) electrons. The minimum Gasteiger partial charge on any atom is -0.483 e. The molecule has 2 heterocycles. The fourth-order valence-corrected chi connectivity index (χ4v) is 4.25. The number of rotatable bonds is 7. The third-order valence-electron chi connectivity index (χ3n) is 5.97. The van der Waals surface area contributed by atoms with E-state index in [-0.39, 0.29) is 24.9 Å². The number of ether oxygens (including phenoxy) is 2. The van der Waals surface area contributed by atoms with Gasteiger partial charge in [-0.25, -0.2) is 0 Å².